The van der Waals surface area contributed by atoms with Gasteiger partial charge in [-0.05, 0) is 24.1 Å². The molecule has 0 saturated heterocycles. The Morgan fingerprint density at radius 3 is 2.71 bits per heavy atom. The topological polar surface area (TPSA) is 104 Å². The molecule has 0 amide bonds. The molecule has 0 radical (unpaired) electrons. The van der Waals surface area contributed by atoms with E-state index < -0.39 is 29.9 Å². The Hall–Kier alpha value is -1.75. The van der Waals surface area contributed by atoms with Crippen LogP contribution in [0.25, 0.3) is 0 Å². The smallest absolute Gasteiger partial charge is 0.320 e. The zero-order valence-corrected chi connectivity index (χ0v) is 7.06. The third kappa shape index (κ3) is 2.37. The molecule has 0 aliphatic rings. The van der Waals surface area contributed by atoms with E-state index in [-0.39, 0.29) is 5.56 Å². The molecule has 0 saturated carbocycles. The highest BCUT2D eigenvalue weighted by Crippen LogP contribution is 2.25. The molecule has 1 aromatic rings. The van der Waals surface area contributed by atoms with E-state index in [0.717, 1.165) is 18.2 Å². The van der Waals surface area contributed by atoms with Crippen LogP contribution in [-0.4, -0.2) is 27.3 Å². The average Bonchev–Trinajstić information content (AvgIpc) is 2.21. The van der Waals surface area contributed by atoms with Crippen molar-refractivity contribution in [2.24, 2.45) is 5.73 Å². The number of carboxylic acids is 1. The summed E-state index contributed by atoms with van der Waals surface area (Å²) in [5.74, 6) is -2.94. The number of carboxylic acid groups (broad SMARTS) is 1. The van der Waals surface area contributed by atoms with Crippen molar-refractivity contribution in [3.8, 4) is 11.5 Å². The first-order valence-corrected chi connectivity index (χ1v) is 3.65. The van der Waals surface area contributed by atoms with Gasteiger partial charge in [0.1, 0.15) is 6.02 Å². The standard InChI is InChI=1S/C9H11NO4/c10-6(9(13)14)3-5-1-2-7(11)8(12)4-5/h1-2,4,6,11-12H,3,10H2,(H,13,14)/t6-/m1/s1/i3+1D2,6D. The van der Waals surface area contributed by atoms with Crippen LogP contribution in [0, 0.1) is 0 Å². The third-order valence-corrected chi connectivity index (χ3v) is 1.48. The predicted octanol–water partition coefficient (Wildman–Crippen LogP) is 0.0522. The minimum absolute atomic E-state index is 0.312. The van der Waals surface area contributed by atoms with E-state index in [2.05, 4.69) is 0 Å². The first-order valence-electron chi connectivity index (χ1n) is 5.15. The highest BCUT2D eigenvalue weighted by molar-refractivity contribution is 5.73. The SMILES string of the molecule is [2H][C@](N)(C(=O)O)[13C]([2H])([2H])c1ccc(O)c(O)c1. The number of hydrogen-bond donors (Lipinski definition) is 4. The van der Waals surface area contributed by atoms with E-state index in [0.29, 0.717) is 0 Å². The van der Waals surface area contributed by atoms with Crippen LogP contribution in [0.15, 0.2) is 18.2 Å². The van der Waals surface area contributed by atoms with Gasteiger partial charge in [-0.2, -0.15) is 0 Å². The van der Waals surface area contributed by atoms with Crippen LogP contribution >= 0.6 is 0 Å². The highest BCUT2D eigenvalue weighted by atomic mass is 16.4. The largest absolute Gasteiger partial charge is 0.504 e. The number of phenolic OH excluding ortho intramolecular Hbond substituents is 2. The average molecular weight is 201 g/mol. The first-order chi connectivity index (χ1) is 7.60. The van der Waals surface area contributed by atoms with Crippen molar-refractivity contribution < 1.29 is 24.2 Å². The normalized spacial score (nSPS) is 18.8. The van der Waals surface area contributed by atoms with E-state index in [1.807, 2.05) is 0 Å². The Bertz CT molecular complexity index is 462. The lowest BCUT2D eigenvalue weighted by atomic mass is 10.2. The van der Waals surface area contributed by atoms with Crippen LogP contribution < -0.4 is 5.73 Å². The molecule has 0 bridgehead atoms. The number of carbonyl (C=O) groups is 1. The molecule has 0 fully saturated rings. The van der Waals surface area contributed by atoms with Crippen LogP contribution in [0.2, 0.25) is 0 Å². The maximum Gasteiger partial charge on any atom is 0.320 e. The third-order valence-electron chi connectivity index (χ3n) is 1.48. The molecular formula is C9H11NO4. The van der Waals surface area contributed by atoms with Crippen molar-refractivity contribution in [3.63, 3.8) is 0 Å². The summed E-state index contributed by atoms with van der Waals surface area (Å²) >= 11 is 0. The number of rotatable bonds is 3. The van der Waals surface area contributed by atoms with Gasteiger partial charge in [0.25, 0.3) is 0 Å². The van der Waals surface area contributed by atoms with Crippen molar-refractivity contribution in [2.45, 2.75) is 12.4 Å². The van der Waals surface area contributed by atoms with Gasteiger partial charge in [0.15, 0.2) is 11.5 Å². The Kier molecular flexibility index (Phi) is 1.89. The van der Waals surface area contributed by atoms with Gasteiger partial charge < -0.3 is 21.1 Å². The maximum atomic E-state index is 10.7. The second kappa shape index (κ2) is 3.97. The lowest BCUT2D eigenvalue weighted by Crippen LogP contribution is -2.32. The van der Waals surface area contributed by atoms with E-state index in [1.165, 1.54) is 0 Å². The van der Waals surface area contributed by atoms with Crippen LogP contribution in [0.5, 0.6) is 11.5 Å². The van der Waals surface area contributed by atoms with Gasteiger partial charge in [0.2, 0.25) is 0 Å². The summed E-state index contributed by atoms with van der Waals surface area (Å²) in [5.41, 5.74) is 4.79. The van der Waals surface area contributed by atoms with E-state index in [4.69, 9.17) is 20.1 Å². The number of aromatic hydroxyl groups is 2. The molecule has 1 atom stereocenters. The minimum atomic E-state index is -2.91. The zero-order chi connectivity index (χ0) is 13.4. The van der Waals surface area contributed by atoms with Crippen molar-refractivity contribution >= 4 is 5.97 Å². The molecule has 1 aromatic carbocycles. The quantitative estimate of drug-likeness (QED) is 0.408. The summed E-state index contributed by atoms with van der Waals surface area (Å²) in [4.78, 5) is 10.7. The molecule has 0 heterocycles. The second-order valence-electron chi connectivity index (χ2n) is 2.55. The molecule has 14 heavy (non-hydrogen) atoms. The van der Waals surface area contributed by atoms with Crippen LogP contribution in [0.4, 0.5) is 0 Å². The van der Waals surface area contributed by atoms with Crippen molar-refractivity contribution in [2.75, 3.05) is 0 Å². The van der Waals surface area contributed by atoms with Crippen LogP contribution in [-0.2, 0) is 11.2 Å². The van der Waals surface area contributed by atoms with Crippen molar-refractivity contribution in [1.29, 1.82) is 0 Å². The molecule has 0 aliphatic carbocycles. The number of aliphatic carboxylic acids is 1. The molecule has 0 aromatic heterocycles. The summed E-state index contributed by atoms with van der Waals surface area (Å²) in [6.07, 6.45) is -2.73. The van der Waals surface area contributed by atoms with E-state index in [1.54, 1.807) is 0 Å². The summed E-state index contributed by atoms with van der Waals surface area (Å²) in [6.45, 7) is 0. The highest BCUT2D eigenvalue weighted by Gasteiger charge is 2.12. The number of benzene rings is 1. The van der Waals surface area contributed by atoms with Gasteiger partial charge in [-0.3, -0.25) is 4.79 Å². The lowest BCUT2D eigenvalue weighted by Gasteiger charge is -2.06. The Morgan fingerprint density at radius 2 is 2.21 bits per heavy atom. The van der Waals surface area contributed by atoms with Gasteiger partial charge >= 0.3 is 5.97 Å². The number of phenols is 2. The zero-order valence-electron chi connectivity index (χ0n) is 10.1. The monoisotopic (exact) mass is 201 g/mol. The van der Waals surface area contributed by atoms with Gasteiger partial charge in [-0.1, -0.05) is 6.07 Å². The Labute approximate surface area is 84.6 Å². The second-order valence-corrected chi connectivity index (χ2v) is 2.55. The summed E-state index contributed by atoms with van der Waals surface area (Å²) in [5, 5.41) is 27.0. The first kappa shape index (κ1) is 6.67. The molecule has 5 N–H and O–H groups in total. The van der Waals surface area contributed by atoms with Gasteiger partial charge in [0, 0.05) is 2.74 Å². The molecule has 1 rings (SSSR count). The summed E-state index contributed by atoms with van der Waals surface area (Å²) < 4.78 is 22.4. The lowest BCUT2D eigenvalue weighted by molar-refractivity contribution is -0.138. The molecular weight excluding hydrogens is 187 g/mol. The summed E-state index contributed by atoms with van der Waals surface area (Å²) in [6, 6.07) is -0.0423. The molecule has 0 spiro atoms. The maximum absolute atomic E-state index is 10.7. The molecule has 76 valence electrons. The van der Waals surface area contributed by atoms with Gasteiger partial charge in [-0.25, -0.2) is 0 Å². The van der Waals surface area contributed by atoms with Crippen molar-refractivity contribution in [3.05, 3.63) is 23.8 Å². The Morgan fingerprint density at radius 1 is 1.57 bits per heavy atom. The van der Waals surface area contributed by atoms with Crippen LogP contribution in [0.3, 0.4) is 0 Å². The van der Waals surface area contributed by atoms with Crippen LogP contribution in [0.1, 0.15) is 9.68 Å². The minimum Gasteiger partial charge on any atom is -0.504 e. The Balaban J connectivity index is 3.30. The fourth-order valence-electron chi connectivity index (χ4n) is 0.810. The molecule has 0 unspecified atom stereocenters. The predicted molar refractivity (Wildman–Crippen MR) is 49.1 cm³/mol. The fraction of sp³-hybridized carbons (Fsp3) is 0.222. The van der Waals surface area contributed by atoms with Gasteiger partial charge in [-0.15, -0.1) is 0 Å². The van der Waals surface area contributed by atoms with E-state index >= 15 is 0 Å². The number of hydrogen-bond acceptors (Lipinski definition) is 4. The molecule has 5 nitrogen and oxygen atoms in total. The molecule has 5 heteroatoms. The van der Waals surface area contributed by atoms with E-state index in [9.17, 15) is 9.90 Å². The van der Waals surface area contributed by atoms with Crippen molar-refractivity contribution in [1.82, 2.24) is 0 Å². The summed E-state index contributed by atoms with van der Waals surface area (Å²) in [7, 11) is 0. The fourth-order valence-corrected chi connectivity index (χ4v) is 0.810. The van der Waals surface area contributed by atoms with Gasteiger partial charge in [0.05, 0.1) is 1.37 Å². The molecule has 0 aliphatic heterocycles. The number of nitrogens with two attached hydrogens (primary N) is 1.